The molecule has 4 nitrogen and oxygen atoms in total. The van der Waals surface area contributed by atoms with E-state index in [1.807, 2.05) is 24.3 Å². The zero-order valence-electron chi connectivity index (χ0n) is 9.82. The van der Waals surface area contributed by atoms with Gasteiger partial charge in [-0.2, -0.15) is 5.10 Å². The van der Waals surface area contributed by atoms with Crippen molar-refractivity contribution in [3.8, 4) is 0 Å². The predicted molar refractivity (Wildman–Crippen MR) is 70.6 cm³/mol. The second-order valence-electron chi connectivity index (χ2n) is 4.70. The van der Waals surface area contributed by atoms with E-state index < -0.39 is 0 Å². The van der Waals surface area contributed by atoms with Gasteiger partial charge in [-0.25, -0.2) is 0 Å². The van der Waals surface area contributed by atoms with Crippen molar-refractivity contribution in [2.45, 2.75) is 18.9 Å². The lowest BCUT2D eigenvalue weighted by Crippen LogP contribution is -2.43. The lowest BCUT2D eigenvalue weighted by atomic mass is 10.0. The second kappa shape index (κ2) is 4.61. The number of carbonyl (C=O) groups is 1. The summed E-state index contributed by atoms with van der Waals surface area (Å²) < 4.78 is 0. The summed E-state index contributed by atoms with van der Waals surface area (Å²) in [5, 5.41) is 8.00. The van der Waals surface area contributed by atoms with E-state index in [4.69, 9.17) is 11.6 Å². The van der Waals surface area contributed by atoms with E-state index in [0.717, 1.165) is 24.1 Å². The van der Waals surface area contributed by atoms with Gasteiger partial charge in [0.25, 0.3) is 0 Å². The number of hydrazone groups is 1. The molecule has 1 fully saturated rings. The molecule has 0 spiro atoms. The molecule has 18 heavy (non-hydrogen) atoms. The van der Waals surface area contributed by atoms with E-state index in [-0.39, 0.29) is 17.9 Å². The highest BCUT2D eigenvalue weighted by atomic mass is 35.5. The molecule has 94 valence electrons. The summed E-state index contributed by atoms with van der Waals surface area (Å²) >= 11 is 5.86. The SMILES string of the molecule is O=C(NC1CNN=C1c1ccc(Cl)cc1)C1CC1. The van der Waals surface area contributed by atoms with E-state index in [0.29, 0.717) is 11.6 Å². The molecule has 0 bridgehead atoms. The minimum atomic E-state index is -0.0423. The fourth-order valence-corrected chi connectivity index (χ4v) is 2.16. The third kappa shape index (κ3) is 2.34. The van der Waals surface area contributed by atoms with Crippen LogP contribution in [0, 0.1) is 5.92 Å². The van der Waals surface area contributed by atoms with Crippen molar-refractivity contribution < 1.29 is 4.79 Å². The van der Waals surface area contributed by atoms with Gasteiger partial charge in [0.15, 0.2) is 0 Å². The molecule has 2 aliphatic rings. The minimum absolute atomic E-state index is 0.0423. The first-order chi connectivity index (χ1) is 8.74. The number of carbonyl (C=O) groups excluding carboxylic acids is 1. The summed E-state index contributed by atoms with van der Waals surface area (Å²) in [5.74, 6) is 0.363. The normalized spacial score (nSPS) is 22.3. The van der Waals surface area contributed by atoms with Crippen LogP contribution in [-0.4, -0.2) is 24.2 Å². The van der Waals surface area contributed by atoms with Gasteiger partial charge in [0.05, 0.1) is 18.3 Å². The molecular formula is C13H14ClN3O. The largest absolute Gasteiger partial charge is 0.346 e. The van der Waals surface area contributed by atoms with Gasteiger partial charge < -0.3 is 10.7 Å². The Morgan fingerprint density at radius 3 is 2.72 bits per heavy atom. The van der Waals surface area contributed by atoms with Crippen LogP contribution < -0.4 is 10.7 Å². The number of amides is 1. The highest BCUT2D eigenvalue weighted by molar-refractivity contribution is 6.30. The molecule has 5 heteroatoms. The van der Waals surface area contributed by atoms with Gasteiger partial charge in [0.2, 0.25) is 5.91 Å². The monoisotopic (exact) mass is 263 g/mol. The molecule has 1 heterocycles. The summed E-state index contributed by atoms with van der Waals surface area (Å²) in [5.41, 5.74) is 4.81. The number of benzene rings is 1. The first-order valence-electron chi connectivity index (χ1n) is 6.11. The Balaban J connectivity index is 1.74. The lowest BCUT2D eigenvalue weighted by Gasteiger charge is -2.14. The standard InChI is InChI=1S/C13H14ClN3O/c14-10-5-3-8(4-6-10)12-11(7-15-17-12)16-13(18)9-1-2-9/h3-6,9,11,15H,1-2,7H2,(H,16,18). The third-order valence-electron chi connectivity index (χ3n) is 3.23. The van der Waals surface area contributed by atoms with Crippen LogP contribution in [0.25, 0.3) is 0 Å². The molecule has 3 rings (SSSR count). The number of halogens is 1. The molecule has 1 aliphatic carbocycles. The molecule has 1 unspecified atom stereocenters. The summed E-state index contributed by atoms with van der Waals surface area (Å²) in [6, 6.07) is 7.46. The van der Waals surface area contributed by atoms with Crippen LogP contribution in [0.5, 0.6) is 0 Å². The predicted octanol–water partition coefficient (Wildman–Crippen LogP) is 1.54. The Morgan fingerprint density at radius 2 is 2.06 bits per heavy atom. The van der Waals surface area contributed by atoms with E-state index in [1.165, 1.54) is 0 Å². The van der Waals surface area contributed by atoms with E-state index in [1.54, 1.807) is 0 Å². The van der Waals surface area contributed by atoms with Gasteiger partial charge in [0.1, 0.15) is 0 Å². The maximum absolute atomic E-state index is 11.8. The number of hydrogen-bond acceptors (Lipinski definition) is 3. The van der Waals surface area contributed by atoms with Crippen LogP contribution in [0.4, 0.5) is 0 Å². The molecule has 2 N–H and O–H groups in total. The van der Waals surface area contributed by atoms with Crippen LogP contribution >= 0.6 is 11.6 Å². The average molecular weight is 264 g/mol. The quantitative estimate of drug-likeness (QED) is 0.869. The molecule has 0 aromatic heterocycles. The van der Waals surface area contributed by atoms with Gasteiger partial charge in [-0.3, -0.25) is 4.79 Å². The minimum Gasteiger partial charge on any atom is -0.346 e. The average Bonchev–Trinajstić information content (AvgIpc) is 3.12. The lowest BCUT2D eigenvalue weighted by molar-refractivity contribution is -0.122. The first kappa shape index (κ1) is 11.5. The van der Waals surface area contributed by atoms with Crippen LogP contribution in [0.1, 0.15) is 18.4 Å². The van der Waals surface area contributed by atoms with E-state index >= 15 is 0 Å². The zero-order chi connectivity index (χ0) is 12.5. The summed E-state index contributed by atoms with van der Waals surface area (Å²) in [6.07, 6.45) is 2.03. The van der Waals surface area contributed by atoms with E-state index in [9.17, 15) is 4.79 Å². The fraction of sp³-hybridized carbons (Fsp3) is 0.385. The maximum atomic E-state index is 11.8. The zero-order valence-corrected chi connectivity index (χ0v) is 10.6. The Bertz CT molecular complexity index is 493. The van der Waals surface area contributed by atoms with Gasteiger partial charge in [-0.05, 0) is 25.0 Å². The molecular weight excluding hydrogens is 250 g/mol. The summed E-state index contributed by atoms with van der Waals surface area (Å²) in [7, 11) is 0. The van der Waals surface area contributed by atoms with Crippen molar-refractivity contribution in [1.29, 1.82) is 0 Å². The van der Waals surface area contributed by atoms with Gasteiger partial charge in [-0.15, -0.1) is 0 Å². The Hall–Kier alpha value is -1.55. The Morgan fingerprint density at radius 1 is 1.33 bits per heavy atom. The molecule has 0 saturated heterocycles. The van der Waals surface area contributed by atoms with Crippen molar-refractivity contribution in [1.82, 2.24) is 10.7 Å². The number of nitrogens with zero attached hydrogens (tertiary/aromatic N) is 1. The van der Waals surface area contributed by atoms with E-state index in [2.05, 4.69) is 15.8 Å². The Kier molecular flexibility index (Phi) is 2.96. The third-order valence-corrected chi connectivity index (χ3v) is 3.48. The summed E-state index contributed by atoms with van der Waals surface area (Å²) in [6.45, 7) is 0.649. The van der Waals surface area contributed by atoms with Crippen molar-refractivity contribution >= 4 is 23.2 Å². The van der Waals surface area contributed by atoms with Crippen molar-refractivity contribution in [3.05, 3.63) is 34.9 Å². The summed E-state index contributed by atoms with van der Waals surface area (Å²) in [4.78, 5) is 11.8. The number of rotatable bonds is 3. The molecule has 1 aromatic carbocycles. The molecule has 1 aromatic rings. The van der Waals surface area contributed by atoms with Gasteiger partial charge in [0, 0.05) is 16.5 Å². The van der Waals surface area contributed by atoms with Crippen LogP contribution in [0.15, 0.2) is 29.4 Å². The topological polar surface area (TPSA) is 53.5 Å². The molecule has 0 radical (unpaired) electrons. The molecule has 1 aliphatic heterocycles. The van der Waals surface area contributed by atoms with Crippen LogP contribution in [0.2, 0.25) is 5.02 Å². The number of nitrogens with one attached hydrogen (secondary N) is 2. The van der Waals surface area contributed by atoms with Gasteiger partial charge in [-0.1, -0.05) is 23.7 Å². The fourth-order valence-electron chi connectivity index (χ4n) is 2.04. The number of hydrogen-bond donors (Lipinski definition) is 2. The van der Waals surface area contributed by atoms with Crippen molar-refractivity contribution in [3.63, 3.8) is 0 Å². The molecule has 1 amide bonds. The molecule has 1 atom stereocenters. The maximum Gasteiger partial charge on any atom is 0.223 e. The molecule has 1 saturated carbocycles. The van der Waals surface area contributed by atoms with Crippen LogP contribution in [-0.2, 0) is 4.79 Å². The highest BCUT2D eigenvalue weighted by Crippen LogP contribution is 2.29. The van der Waals surface area contributed by atoms with Crippen LogP contribution in [0.3, 0.4) is 0 Å². The van der Waals surface area contributed by atoms with Crippen molar-refractivity contribution in [2.24, 2.45) is 11.0 Å². The Labute approximate surface area is 110 Å². The second-order valence-corrected chi connectivity index (χ2v) is 5.14. The smallest absolute Gasteiger partial charge is 0.223 e. The first-order valence-corrected chi connectivity index (χ1v) is 6.48. The van der Waals surface area contributed by atoms with Crippen molar-refractivity contribution in [2.75, 3.05) is 6.54 Å². The van der Waals surface area contributed by atoms with Gasteiger partial charge >= 0.3 is 0 Å². The highest BCUT2D eigenvalue weighted by Gasteiger charge is 2.33.